The number of hydrogen-bond donors (Lipinski definition) is 3. The number of fused-ring (bicyclic) bond motifs is 2. The molecule has 2 aliphatic heterocycles. The number of H-pyrrole nitrogens is 1. The van der Waals surface area contributed by atoms with Gasteiger partial charge in [-0.15, -0.1) is 0 Å². The van der Waals surface area contributed by atoms with Gasteiger partial charge in [0.05, 0.1) is 11.1 Å². The zero-order valence-corrected chi connectivity index (χ0v) is 20.0. The molecule has 0 spiro atoms. The molecule has 4 aromatic rings. The molecule has 3 aromatic carbocycles. The Morgan fingerprint density at radius 1 is 1.00 bits per heavy atom. The van der Waals surface area contributed by atoms with E-state index in [0.717, 1.165) is 22.0 Å². The summed E-state index contributed by atoms with van der Waals surface area (Å²) >= 11 is 0. The molecule has 1 fully saturated rings. The number of allylic oxidation sites excluding steroid dienone is 1. The highest BCUT2D eigenvalue weighted by molar-refractivity contribution is 6.16. The first-order valence-corrected chi connectivity index (χ1v) is 12.1. The number of nitrogens with zero attached hydrogens (tertiary/aromatic N) is 2. The number of hydrogen-bond acceptors (Lipinski definition) is 5. The predicted octanol–water partition coefficient (Wildman–Crippen LogP) is 4.95. The Morgan fingerprint density at radius 2 is 1.73 bits per heavy atom. The summed E-state index contributed by atoms with van der Waals surface area (Å²) in [7, 11) is 0. The Hall–Kier alpha value is -4.56. The molecule has 3 N–H and O–H groups in total. The number of Topliss-reactive ketones (excluding diaryl/α,β-unsaturated/α-hetero) is 1. The highest BCUT2D eigenvalue weighted by Crippen LogP contribution is 2.45. The minimum absolute atomic E-state index is 0.0618. The number of carbonyl (C=O) groups excluding carboxylic acids is 1. The summed E-state index contributed by atoms with van der Waals surface area (Å²) in [4.78, 5) is 31.5. The van der Waals surface area contributed by atoms with E-state index < -0.39 is 6.09 Å². The molecular weight excluding hydrogens is 470 g/mol. The molecule has 8 nitrogen and oxygen atoms in total. The summed E-state index contributed by atoms with van der Waals surface area (Å²) < 4.78 is 6.15. The van der Waals surface area contributed by atoms with E-state index in [2.05, 4.69) is 9.88 Å². The lowest BCUT2D eigenvalue weighted by Crippen LogP contribution is -2.47. The van der Waals surface area contributed by atoms with Crippen molar-refractivity contribution in [1.82, 2.24) is 14.8 Å². The number of phenols is 1. The molecule has 0 unspecified atom stereocenters. The van der Waals surface area contributed by atoms with Crippen LogP contribution in [0, 0.1) is 0 Å². The van der Waals surface area contributed by atoms with Gasteiger partial charge in [-0.1, -0.05) is 48.5 Å². The number of carbonyl (C=O) groups is 2. The smallest absolute Gasteiger partial charge is 0.407 e. The van der Waals surface area contributed by atoms with Gasteiger partial charge in [0.25, 0.3) is 0 Å². The van der Waals surface area contributed by atoms with Crippen LogP contribution in [0.5, 0.6) is 11.5 Å². The van der Waals surface area contributed by atoms with E-state index in [9.17, 15) is 19.8 Å². The van der Waals surface area contributed by atoms with Crippen LogP contribution in [-0.4, -0.2) is 63.1 Å². The lowest BCUT2D eigenvalue weighted by Gasteiger charge is -2.33. The Balaban J connectivity index is 1.40. The molecule has 6 rings (SSSR count). The molecule has 2 aliphatic rings. The van der Waals surface area contributed by atoms with Crippen molar-refractivity contribution < 1.29 is 24.5 Å². The van der Waals surface area contributed by atoms with Crippen molar-refractivity contribution in [3.8, 4) is 22.6 Å². The summed E-state index contributed by atoms with van der Waals surface area (Å²) in [5.74, 6) is 0.372. The van der Waals surface area contributed by atoms with E-state index in [4.69, 9.17) is 4.74 Å². The van der Waals surface area contributed by atoms with E-state index in [1.165, 1.54) is 4.90 Å². The standard InChI is InChI=1S/C29H25N3O5/c33-26-21(18-6-2-1-3-7-18)15-22-27(34)25(14-19-16-30-24-9-5-4-8-20(19)24)37-28(22)23(26)17-31-10-12-32(13-11-31)29(35)36/h1-9,14-16,30,33H,10-13,17H2,(H,35,36). The summed E-state index contributed by atoms with van der Waals surface area (Å²) in [5.41, 5.74) is 4.08. The first kappa shape index (κ1) is 22.9. The second-order valence-corrected chi connectivity index (χ2v) is 9.27. The van der Waals surface area contributed by atoms with Gasteiger partial charge in [0, 0.05) is 61.0 Å². The maximum Gasteiger partial charge on any atom is 0.407 e. The van der Waals surface area contributed by atoms with Gasteiger partial charge in [-0.05, 0) is 23.8 Å². The first-order chi connectivity index (χ1) is 18.0. The van der Waals surface area contributed by atoms with E-state index in [0.29, 0.717) is 55.2 Å². The van der Waals surface area contributed by atoms with Crippen LogP contribution < -0.4 is 4.74 Å². The van der Waals surface area contributed by atoms with Gasteiger partial charge >= 0.3 is 6.09 Å². The number of rotatable bonds is 4. The normalized spacial score (nSPS) is 16.8. The fourth-order valence-corrected chi connectivity index (χ4v) is 5.04. The number of ketones is 1. The minimum Gasteiger partial charge on any atom is -0.507 e. The number of nitrogens with one attached hydrogen (secondary N) is 1. The highest BCUT2D eigenvalue weighted by atomic mass is 16.5. The number of piperazine rings is 1. The van der Waals surface area contributed by atoms with Crippen LogP contribution in [0.2, 0.25) is 0 Å². The maximum absolute atomic E-state index is 13.5. The molecule has 0 aliphatic carbocycles. The monoisotopic (exact) mass is 495 g/mol. The summed E-state index contributed by atoms with van der Waals surface area (Å²) in [6, 6.07) is 19.0. The number of phenolic OH excluding ortho intramolecular Hbond substituents is 1. The van der Waals surface area contributed by atoms with Gasteiger partial charge in [0.1, 0.15) is 11.5 Å². The predicted molar refractivity (Wildman–Crippen MR) is 140 cm³/mol. The van der Waals surface area contributed by atoms with Gasteiger partial charge < -0.3 is 24.8 Å². The number of benzene rings is 3. The lowest BCUT2D eigenvalue weighted by atomic mass is 9.95. The zero-order valence-electron chi connectivity index (χ0n) is 20.0. The quantitative estimate of drug-likeness (QED) is 0.346. The summed E-state index contributed by atoms with van der Waals surface area (Å²) in [6.45, 7) is 2.12. The van der Waals surface area contributed by atoms with Crippen LogP contribution in [0.15, 0.2) is 72.6 Å². The minimum atomic E-state index is -0.935. The number of aromatic amines is 1. The topological polar surface area (TPSA) is 106 Å². The molecule has 37 heavy (non-hydrogen) atoms. The van der Waals surface area contributed by atoms with Gasteiger partial charge in [-0.3, -0.25) is 9.69 Å². The van der Waals surface area contributed by atoms with E-state index >= 15 is 0 Å². The summed E-state index contributed by atoms with van der Waals surface area (Å²) in [5, 5.41) is 21.7. The largest absolute Gasteiger partial charge is 0.507 e. The SMILES string of the molecule is O=C1C(=Cc2c[nH]c3ccccc23)Oc2c1cc(-c1ccccc1)c(O)c2CN1CCN(C(=O)O)CC1. The van der Waals surface area contributed by atoms with Crippen LogP contribution in [0.25, 0.3) is 28.1 Å². The number of amides is 1. The van der Waals surface area contributed by atoms with Crippen LogP contribution in [-0.2, 0) is 6.54 Å². The fourth-order valence-electron chi connectivity index (χ4n) is 5.04. The van der Waals surface area contributed by atoms with Crippen LogP contribution in [0.1, 0.15) is 21.5 Å². The number of aromatic hydroxyl groups is 1. The molecular formula is C29H25N3O5. The molecule has 1 amide bonds. The van der Waals surface area contributed by atoms with Crippen molar-refractivity contribution >= 4 is 28.9 Å². The molecule has 1 aromatic heterocycles. The molecule has 0 saturated carbocycles. The summed E-state index contributed by atoms with van der Waals surface area (Å²) in [6.07, 6.45) is 2.64. The van der Waals surface area contributed by atoms with Crippen molar-refractivity contribution in [1.29, 1.82) is 0 Å². The Kier molecular flexibility index (Phi) is 5.65. The Labute approximate surface area is 213 Å². The molecule has 1 saturated heterocycles. The highest BCUT2D eigenvalue weighted by Gasteiger charge is 2.34. The zero-order chi connectivity index (χ0) is 25.5. The first-order valence-electron chi connectivity index (χ1n) is 12.1. The average Bonchev–Trinajstić information content (AvgIpc) is 3.47. The number of ether oxygens (including phenoxy) is 1. The van der Waals surface area contributed by atoms with E-state index in [1.807, 2.05) is 60.8 Å². The molecule has 3 heterocycles. The number of carboxylic acid groups (broad SMARTS) is 1. The lowest BCUT2D eigenvalue weighted by molar-refractivity contribution is 0.101. The molecule has 186 valence electrons. The van der Waals surface area contributed by atoms with E-state index in [-0.39, 0.29) is 17.3 Å². The van der Waals surface area contributed by atoms with Crippen molar-refractivity contribution in [2.75, 3.05) is 26.2 Å². The Bertz CT molecular complexity index is 1550. The van der Waals surface area contributed by atoms with Crippen molar-refractivity contribution in [2.45, 2.75) is 6.54 Å². The Morgan fingerprint density at radius 3 is 2.49 bits per heavy atom. The van der Waals surface area contributed by atoms with Crippen LogP contribution in [0.4, 0.5) is 4.79 Å². The van der Waals surface area contributed by atoms with Crippen LogP contribution >= 0.6 is 0 Å². The van der Waals surface area contributed by atoms with Gasteiger partial charge in [-0.2, -0.15) is 0 Å². The van der Waals surface area contributed by atoms with Gasteiger partial charge in [-0.25, -0.2) is 4.79 Å². The molecule has 8 heteroatoms. The fraction of sp³-hybridized carbons (Fsp3) is 0.172. The van der Waals surface area contributed by atoms with E-state index in [1.54, 1.807) is 12.1 Å². The second-order valence-electron chi connectivity index (χ2n) is 9.27. The third-order valence-electron chi connectivity index (χ3n) is 7.05. The molecule has 0 bridgehead atoms. The van der Waals surface area contributed by atoms with Gasteiger partial charge in [0.2, 0.25) is 5.78 Å². The van der Waals surface area contributed by atoms with Crippen molar-refractivity contribution in [3.63, 3.8) is 0 Å². The molecule has 0 radical (unpaired) electrons. The maximum atomic E-state index is 13.5. The number of para-hydroxylation sites is 1. The second kappa shape index (κ2) is 9.15. The molecule has 0 atom stereocenters. The van der Waals surface area contributed by atoms with Crippen molar-refractivity contribution in [3.05, 3.63) is 89.3 Å². The van der Waals surface area contributed by atoms with Crippen molar-refractivity contribution in [2.24, 2.45) is 0 Å². The average molecular weight is 496 g/mol. The number of aromatic nitrogens is 1. The van der Waals surface area contributed by atoms with Gasteiger partial charge in [0.15, 0.2) is 5.76 Å². The van der Waals surface area contributed by atoms with Crippen LogP contribution in [0.3, 0.4) is 0 Å². The third-order valence-corrected chi connectivity index (χ3v) is 7.05. The third kappa shape index (κ3) is 4.11.